The Hall–Kier alpha value is -2.69. The van der Waals surface area contributed by atoms with Crippen LogP contribution in [0.1, 0.15) is 11.8 Å². The van der Waals surface area contributed by atoms with Crippen molar-refractivity contribution in [3.05, 3.63) is 18.1 Å². The molecule has 2 aromatic rings. The van der Waals surface area contributed by atoms with Gasteiger partial charge >= 0.3 is 0 Å². The first-order valence-corrected chi connectivity index (χ1v) is 6.66. The third-order valence-electron chi connectivity index (χ3n) is 3.79. The van der Waals surface area contributed by atoms with Gasteiger partial charge in [-0.3, -0.25) is 0 Å². The van der Waals surface area contributed by atoms with Crippen LogP contribution >= 0.6 is 0 Å². The number of nitrogens with two attached hydrogens (primary N) is 1. The maximum Gasteiger partial charge on any atom is 0.164 e. The van der Waals surface area contributed by atoms with E-state index in [0.717, 1.165) is 0 Å². The van der Waals surface area contributed by atoms with E-state index in [2.05, 4.69) is 9.97 Å². The van der Waals surface area contributed by atoms with E-state index in [4.69, 9.17) is 16.9 Å². The fourth-order valence-corrected chi connectivity index (χ4v) is 2.66. The predicted octanol–water partition coefficient (Wildman–Crippen LogP) is -1.50. The van der Waals surface area contributed by atoms with Crippen LogP contribution in [0.25, 0.3) is 11.0 Å². The van der Waals surface area contributed by atoms with Crippen molar-refractivity contribution in [3.63, 3.8) is 0 Å². The van der Waals surface area contributed by atoms with Crippen LogP contribution in [-0.4, -0.2) is 54.3 Å². The number of ether oxygens (including phenoxy) is 1. The lowest BCUT2D eigenvalue weighted by atomic mass is 10.1. The molecule has 118 valence electrons. The number of nitrogen functional groups attached to an aromatic ring is 1. The molecule has 0 unspecified atom stereocenters. The molecule has 0 aromatic carbocycles. The third-order valence-corrected chi connectivity index (χ3v) is 3.79. The molecule has 0 bridgehead atoms. The first kappa shape index (κ1) is 15.2. The molecule has 0 amide bonds. The van der Waals surface area contributed by atoms with Crippen molar-refractivity contribution in [3.8, 4) is 18.4 Å². The molecule has 0 aliphatic carbocycles. The minimum Gasteiger partial charge on any atom is -0.387 e. The molecule has 1 saturated heterocycles. The Morgan fingerprint density at radius 1 is 1.39 bits per heavy atom. The number of nitriles is 1. The summed E-state index contributed by atoms with van der Waals surface area (Å²) in [7, 11) is 0. The minimum absolute atomic E-state index is 0.110. The fourth-order valence-electron chi connectivity index (χ4n) is 2.66. The highest BCUT2D eigenvalue weighted by molar-refractivity contribution is 5.91. The van der Waals surface area contributed by atoms with Gasteiger partial charge < -0.3 is 30.4 Å². The summed E-state index contributed by atoms with van der Waals surface area (Å²) in [6.45, 7) is 0. The smallest absolute Gasteiger partial charge is 0.164 e. The molecule has 0 spiro atoms. The van der Waals surface area contributed by atoms with Gasteiger partial charge in [-0.05, 0) is 0 Å². The summed E-state index contributed by atoms with van der Waals surface area (Å²) in [5, 5.41) is 39.4. The van der Waals surface area contributed by atoms with Crippen molar-refractivity contribution in [2.45, 2.75) is 30.6 Å². The lowest BCUT2D eigenvalue weighted by Gasteiger charge is -2.17. The van der Waals surface area contributed by atoms with Crippen molar-refractivity contribution in [2.24, 2.45) is 0 Å². The Morgan fingerprint density at radius 2 is 2.13 bits per heavy atom. The van der Waals surface area contributed by atoms with Crippen LogP contribution in [0.5, 0.6) is 0 Å². The van der Waals surface area contributed by atoms with Crippen LogP contribution in [0.15, 0.2) is 12.5 Å². The monoisotopic (exact) mass is 315 g/mol. The second kappa shape index (κ2) is 5.50. The molecule has 5 atom stereocenters. The van der Waals surface area contributed by atoms with E-state index in [0.29, 0.717) is 5.39 Å². The second-order valence-corrected chi connectivity index (χ2v) is 5.10. The maximum absolute atomic E-state index is 10.2. The average Bonchev–Trinajstić information content (AvgIpc) is 3.07. The van der Waals surface area contributed by atoms with E-state index in [9.17, 15) is 20.6 Å². The molecule has 5 N–H and O–H groups in total. The fraction of sp³-hybridized carbons (Fsp3) is 0.357. The number of aliphatic hydroxyl groups is 3. The third kappa shape index (κ3) is 2.20. The van der Waals surface area contributed by atoms with Gasteiger partial charge in [0.05, 0.1) is 10.9 Å². The quantitative estimate of drug-likeness (QED) is 0.489. The van der Waals surface area contributed by atoms with E-state index in [-0.39, 0.29) is 17.0 Å². The lowest BCUT2D eigenvalue weighted by Crippen LogP contribution is -2.37. The van der Waals surface area contributed by atoms with Gasteiger partial charge in [0.1, 0.15) is 48.3 Å². The molecule has 1 aliphatic rings. The predicted molar refractivity (Wildman–Crippen MR) is 77.4 cm³/mol. The molecule has 2 aromatic heterocycles. The number of hydrogen-bond donors (Lipinski definition) is 4. The molecule has 0 radical (unpaired) electrons. The van der Waals surface area contributed by atoms with Crippen molar-refractivity contribution in [2.75, 3.05) is 5.73 Å². The molecule has 1 fully saturated rings. The van der Waals surface area contributed by atoms with Gasteiger partial charge in [-0.25, -0.2) is 9.97 Å². The van der Waals surface area contributed by atoms with E-state index in [1.807, 2.05) is 12.0 Å². The van der Waals surface area contributed by atoms with Crippen LogP contribution in [0.4, 0.5) is 5.82 Å². The lowest BCUT2D eigenvalue weighted by molar-refractivity contribution is -0.0671. The second-order valence-electron chi connectivity index (χ2n) is 5.10. The van der Waals surface area contributed by atoms with E-state index in [1.165, 1.54) is 17.1 Å². The number of hydrogen-bond acceptors (Lipinski definition) is 8. The van der Waals surface area contributed by atoms with Crippen molar-refractivity contribution in [1.82, 2.24) is 14.5 Å². The number of aliphatic hydroxyl groups excluding tert-OH is 3. The van der Waals surface area contributed by atoms with Crippen LogP contribution in [-0.2, 0) is 4.74 Å². The zero-order valence-electron chi connectivity index (χ0n) is 11.7. The Balaban J connectivity index is 2.10. The Morgan fingerprint density at radius 3 is 2.78 bits per heavy atom. The minimum atomic E-state index is -1.40. The highest BCUT2D eigenvalue weighted by atomic mass is 16.6. The van der Waals surface area contributed by atoms with Crippen molar-refractivity contribution in [1.29, 1.82) is 5.26 Å². The zero-order valence-corrected chi connectivity index (χ0v) is 11.7. The summed E-state index contributed by atoms with van der Waals surface area (Å²) in [5.41, 5.74) is 6.23. The molecule has 0 saturated carbocycles. The SMILES string of the molecule is C#C[C@H](O)[C@@H]1O[C@H](n2cc(C#N)c3c(N)ncnc32)[C@@H](O)[C@@H]1O. The topological polar surface area (TPSA) is 150 Å². The summed E-state index contributed by atoms with van der Waals surface area (Å²) >= 11 is 0. The standard InChI is InChI=1S/C14H13N5O4/c1-2-7(20)11-9(21)10(22)14(23-11)19-4-6(3-15)8-12(16)17-5-18-13(8)19/h1,4-5,7,9-11,14,20-22H,(H2,16,17,18)/t7-,9-,10-,11-,14-/m0/s1. The zero-order chi connectivity index (χ0) is 16.7. The van der Waals surface area contributed by atoms with Crippen molar-refractivity contribution >= 4 is 16.9 Å². The highest BCUT2D eigenvalue weighted by Crippen LogP contribution is 2.35. The molecule has 9 heteroatoms. The number of anilines is 1. The van der Waals surface area contributed by atoms with Crippen molar-refractivity contribution < 1.29 is 20.1 Å². The molecular formula is C14H13N5O4. The number of fused-ring (bicyclic) bond motifs is 1. The average molecular weight is 315 g/mol. The van der Waals surface area contributed by atoms with Crippen LogP contribution in [0.2, 0.25) is 0 Å². The van der Waals surface area contributed by atoms with E-state index < -0.39 is 30.6 Å². The summed E-state index contributed by atoms with van der Waals surface area (Å²) in [6.07, 6.45) is 1.31. The summed E-state index contributed by atoms with van der Waals surface area (Å²) in [6, 6.07) is 1.96. The van der Waals surface area contributed by atoms with Gasteiger partial charge in [0.2, 0.25) is 0 Å². The van der Waals surface area contributed by atoms with Gasteiger partial charge in [0.15, 0.2) is 6.23 Å². The molecular weight excluding hydrogens is 302 g/mol. The Labute approximate surface area is 130 Å². The molecule has 3 rings (SSSR count). The van der Waals surface area contributed by atoms with Crippen LogP contribution in [0.3, 0.4) is 0 Å². The van der Waals surface area contributed by atoms with Crippen LogP contribution in [0, 0.1) is 23.7 Å². The Bertz CT molecular complexity index is 836. The van der Waals surface area contributed by atoms with Gasteiger partial charge in [0.25, 0.3) is 0 Å². The van der Waals surface area contributed by atoms with Crippen LogP contribution < -0.4 is 5.73 Å². The number of nitrogens with zero attached hydrogens (tertiary/aromatic N) is 4. The van der Waals surface area contributed by atoms with Gasteiger partial charge in [-0.2, -0.15) is 5.26 Å². The maximum atomic E-state index is 10.2. The number of terminal acetylenes is 1. The summed E-state index contributed by atoms with van der Waals surface area (Å²) in [4.78, 5) is 7.88. The summed E-state index contributed by atoms with van der Waals surface area (Å²) in [5.74, 6) is 2.15. The van der Waals surface area contributed by atoms with E-state index in [1.54, 1.807) is 0 Å². The molecule has 1 aliphatic heterocycles. The van der Waals surface area contributed by atoms with Gasteiger partial charge in [0, 0.05) is 6.20 Å². The largest absolute Gasteiger partial charge is 0.387 e. The molecule has 3 heterocycles. The molecule has 9 nitrogen and oxygen atoms in total. The first-order valence-electron chi connectivity index (χ1n) is 6.66. The highest BCUT2D eigenvalue weighted by Gasteiger charge is 2.47. The normalized spacial score (nSPS) is 28.4. The molecule has 23 heavy (non-hydrogen) atoms. The summed E-state index contributed by atoms with van der Waals surface area (Å²) < 4.78 is 6.85. The van der Waals surface area contributed by atoms with E-state index >= 15 is 0 Å². The Kier molecular flexibility index (Phi) is 3.64. The van der Waals surface area contributed by atoms with Gasteiger partial charge in [-0.15, -0.1) is 6.42 Å². The first-order chi connectivity index (χ1) is 11.0. The van der Waals surface area contributed by atoms with Gasteiger partial charge in [-0.1, -0.05) is 5.92 Å². The number of rotatable bonds is 2. The number of aromatic nitrogens is 3.